The van der Waals surface area contributed by atoms with Gasteiger partial charge in [-0.1, -0.05) is 30.3 Å². The van der Waals surface area contributed by atoms with Crippen LogP contribution in [0.2, 0.25) is 0 Å². The fourth-order valence-corrected chi connectivity index (χ4v) is 3.18. The fraction of sp³-hybridized carbons (Fsp3) is 0.160. The fourth-order valence-electron chi connectivity index (χ4n) is 3.18. The average Bonchev–Trinajstić information content (AvgIpc) is 3.16. The van der Waals surface area contributed by atoms with Crippen LogP contribution in [0.25, 0.3) is 22.3 Å². The molecule has 4 rings (SSSR count). The van der Waals surface area contributed by atoms with Crippen molar-refractivity contribution < 1.29 is 13.9 Å². The molecule has 4 heteroatoms. The smallest absolute Gasteiger partial charge is 0.265 e. The number of anilines is 1. The molecule has 1 N–H and O–H groups in total. The van der Waals surface area contributed by atoms with Crippen LogP contribution >= 0.6 is 0 Å². The van der Waals surface area contributed by atoms with Crippen molar-refractivity contribution in [3.05, 3.63) is 83.9 Å². The van der Waals surface area contributed by atoms with Crippen LogP contribution in [-0.4, -0.2) is 12.0 Å². The van der Waals surface area contributed by atoms with E-state index in [0.29, 0.717) is 5.69 Å². The van der Waals surface area contributed by atoms with Gasteiger partial charge in [0.05, 0.1) is 0 Å². The normalized spacial score (nSPS) is 12.0. The predicted molar refractivity (Wildman–Crippen MR) is 116 cm³/mol. The predicted octanol–water partition coefficient (Wildman–Crippen LogP) is 6.12. The van der Waals surface area contributed by atoms with Crippen molar-refractivity contribution in [2.75, 3.05) is 5.32 Å². The number of hydrogen-bond acceptors (Lipinski definition) is 3. The van der Waals surface area contributed by atoms with E-state index in [9.17, 15) is 4.79 Å². The summed E-state index contributed by atoms with van der Waals surface area (Å²) in [4.78, 5) is 12.5. The first-order chi connectivity index (χ1) is 14.0. The van der Waals surface area contributed by atoms with Crippen molar-refractivity contribution in [3.63, 3.8) is 0 Å². The Bertz CT molecular complexity index is 1130. The van der Waals surface area contributed by atoms with E-state index in [1.807, 2.05) is 86.6 Å². The maximum Gasteiger partial charge on any atom is 0.265 e. The van der Waals surface area contributed by atoms with Gasteiger partial charge in [0.25, 0.3) is 5.91 Å². The highest BCUT2D eigenvalue weighted by atomic mass is 16.5. The SMILES string of the molecule is Cc1cccc(O[C@H](C)C(=O)Nc2ccc(-c3cc4ccccc4o3)cc2)c1C. The molecule has 0 aliphatic carbocycles. The lowest BCUT2D eigenvalue weighted by Gasteiger charge is -2.17. The number of furan rings is 1. The van der Waals surface area contributed by atoms with Crippen LogP contribution in [0.3, 0.4) is 0 Å². The molecule has 1 heterocycles. The first kappa shape index (κ1) is 18.8. The Kier molecular flexibility index (Phi) is 5.09. The molecule has 0 aliphatic heterocycles. The summed E-state index contributed by atoms with van der Waals surface area (Å²) in [5, 5.41) is 3.97. The van der Waals surface area contributed by atoms with Crippen LogP contribution in [0.15, 0.2) is 77.2 Å². The lowest BCUT2D eigenvalue weighted by Crippen LogP contribution is -2.30. The second-order valence-electron chi connectivity index (χ2n) is 7.17. The van der Waals surface area contributed by atoms with Gasteiger partial charge in [-0.15, -0.1) is 0 Å². The molecule has 29 heavy (non-hydrogen) atoms. The third-order valence-electron chi connectivity index (χ3n) is 5.09. The summed E-state index contributed by atoms with van der Waals surface area (Å²) in [5.41, 5.74) is 4.71. The molecule has 0 fully saturated rings. The summed E-state index contributed by atoms with van der Waals surface area (Å²) in [6, 6.07) is 23.4. The van der Waals surface area contributed by atoms with Gasteiger partial charge in [0.15, 0.2) is 6.10 Å². The van der Waals surface area contributed by atoms with E-state index in [2.05, 4.69) is 5.32 Å². The number of carbonyl (C=O) groups is 1. The molecule has 4 aromatic rings. The molecular weight excluding hydrogens is 362 g/mol. The van der Waals surface area contributed by atoms with Crippen molar-refractivity contribution in [1.29, 1.82) is 0 Å². The van der Waals surface area contributed by atoms with Gasteiger partial charge in [-0.25, -0.2) is 0 Å². The van der Waals surface area contributed by atoms with Gasteiger partial charge in [-0.3, -0.25) is 4.79 Å². The van der Waals surface area contributed by atoms with E-state index < -0.39 is 6.10 Å². The highest BCUT2D eigenvalue weighted by Crippen LogP contribution is 2.28. The number of benzene rings is 3. The molecule has 4 nitrogen and oxygen atoms in total. The van der Waals surface area contributed by atoms with Crippen molar-refractivity contribution in [3.8, 4) is 17.1 Å². The number of para-hydroxylation sites is 1. The summed E-state index contributed by atoms with van der Waals surface area (Å²) in [7, 11) is 0. The first-order valence-electron chi connectivity index (χ1n) is 9.64. The lowest BCUT2D eigenvalue weighted by molar-refractivity contribution is -0.122. The average molecular weight is 385 g/mol. The van der Waals surface area contributed by atoms with Crippen molar-refractivity contribution >= 4 is 22.6 Å². The number of hydrogen-bond donors (Lipinski definition) is 1. The molecule has 0 bridgehead atoms. The Morgan fingerprint density at radius 2 is 1.72 bits per heavy atom. The van der Waals surface area contributed by atoms with E-state index in [0.717, 1.165) is 39.2 Å². The Labute approximate surface area is 170 Å². The zero-order valence-electron chi connectivity index (χ0n) is 16.7. The molecule has 0 radical (unpaired) electrons. The monoisotopic (exact) mass is 385 g/mol. The number of nitrogens with one attached hydrogen (secondary N) is 1. The van der Waals surface area contributed by atoms with Crippen LogP contribution in [0.1, 0.15) is 18.1 Å². The summed E-state index contributed by atoms with van der Waals surface area (Å²) < 4.78 is 11.8. The maximum absolute atomic E-state index is 12.5. The number of rotatable bonds is 5. The van der Waals surface area contributed by atoms with Gasteiger partial charge in [0, 0.05) is 16.6 Å². The maximum atomic E-state index is 12.5. The molecule has 1 aromatic heterocycles. The second kappa shape index (κ2) is 7.84. The number of aryl methyl sites for hydroxylation is 1. The Hall–Kier alpha value is -3.53. The minimum absolute atomic E-state index is 0.192. The van der Waals surface area contributed by atoms with Crippen LogP contribution < -0.4 is 10.1 Å². The van der Waals surface area contributed by atoms with Crippen molar-refractivity contribution in [2.45, 2.75) is 26.9 Å². The van der Waals surface area contributed by atoms with E-state index >= 15 is 0 Å². The minimum atomic E-state index is -0.606. The lowest BCUT2D eigenvalue weighted by atomic mass is 10.1. The molecule has 1 amide bonds. The van der Waals surface area contributed by atoms with Gasteiger partial charge >= 0.3 is 0 Å². The number of carbonyl (C=O) groups excluding carboxylic acids is 1. The summed E-state index contributed by atoms with van der Waals surface area (Å²) >= 11 is 0. The summed E-state index contributed by atoms with van der Waals surface area (Å²) in [6.45, 7) is 5.77. The molecule has 0 saturated carbocycles. The number of ether oxygens (including phenoxy) is 1. The van der Waals surface area contributed by atoms with E-state index in [4.69, 9.17) is 9.15 Å². The molecule has 0 aliphatic rings. The van der Waals surface area contributed by atoms with Gasteiger partial charge in [-0.05, 0) is 74.4 Å². The standard InChI is InChI=1S/C25H23NO3/c1-16-7-6-10-22(17(16)2)28-18(3)25(27)26-21-13-11-19(12-14-21)24-15-20-8-4-5-9-23(20)29-24/h4-15,18H,1-3H3,(H,26,27)/t18-/m1/s1. The van der Waals surface area contributed by atoms with Crippen molar-refractivity contribution in [2.24, 2.45) is 0 Å². The Morgan fingerprint density at radius 3 is 2.48 bits per heavy atom. The summed E-state index contributed by atoms with van der Waals surface area (Å²) in [5.74, 6) is 1.34. The third kappa shape index (κ3) is 4.02. The number of amides is 1. The highest BCUT2D eigenvalue weighted by molar-refractivity contribution is 5.94. The highest BCUT2D eigenvalue weighted by Gasteiger charge is 2.16. The Morgan fingerprint density at radius 1 is 0.966 bits per heavy atom. The van der Waals surface area contributed by atoms with E-state index in [1.165, 1.54) is 0 Å². The molecule has 0 saturated heterocycles. The topological polar surface area (TPSA) is 51.5 Å². The quantitative estimate of drug-likeness (QED) is 0.450. The van der Waals surface area contributed by atoms with E-state index in [1.54, 1.807) is 6.92 Å². The molecule has 3 aromatic carbocycles. The van der Waals surface area contributed by atoms with Crippen LogP contribution in [-0.2, 0) is 4.79 Å². The largest absolute Gasteiger partial charge is 0.481 e. The summed E-state index contributed by atoms with van der Waals surface area (Å²) in [6.07, 6.45) is -0.606. The molecule has 0 spiro atoms. The van der Waals surface area contributed by atoms with Gasteiger partial charge < -0.3 is 14.5 Å². The van der Waals surface area contributed by atoms with E-state index in [-0.39, 0.29) is 5.91 Å². The van der Waals surface area contributed by atoms with Crippen LogP contribution in [0.4, 0.5) is 5.69 Å². The third-order valence-corrected chi connectivity index (χ3v) is 5.09. The second-order valence-corrected chi connectivity index (χ2v) is 7.17. The molecular formula is C25H23NO3. The van der Waals surface area contributed by atoms with Gasteiger partial charge in [0.1, 0.15) is 17.1 Å². The minimum Gasteiger partial charge on any atom is -0.481 e. The zero-order valence-corrected chi connectivity index (χ0v) is 16.7. The number of fused-ring (bicyclic) bond motifs is 1. The molecule has 1 atom stereocenters. The van der Waals surface area contributed by atoms with Crippen LogP contribution in [0.5, 0.6) is 5.75 Å². The van der Waals surface area contributed by atoms with Gasteiger partial charge in [-0.2, -0.15) is 0 Å². The zero-order chi connectivity index (χ0) is 20.4. The van der Waals surface area contributed by atoms with Crippen LogP contribution in [0, 0.1) is 13.8 Å². The van der Waals surface area contributed by atoms with Crippen molar-refractivity contribution in [1.82, 2.24) is 0 Å². The molecule has 0 unspecified atom stereocenters. The van der Waals surface area contributed by atoms with Gasteiger partial charge in [0.2, 0.25) is 0 Å². The molecule has 146 valence electrons. The first-order valence-corrected chi connectivity index (χ1v) is 9.64. The Balaban J connectivity index is 1.44.